The predicted molar refractivity (Wildman–Crippen MR) is 112 cm³/mol. The van der Waals surface area contributed by atoms with Gasteiger partial charge < -0.3 is 10.6 Å². The molecule has 2 N–H and O–H groups in total. The molecular weight excluding hydrogens is 463 g/mol. The molecule has 29 heavy (non-hydrogen) atoms. The first-order valence-corrected chi connectivity index (χ1v) is 11.5. The van der Waals surface area contributed by atoms with Gasteiger partial charge in [-0.1, -0.05) is 28.1 Å². The molecular formula is C20H22BrFN2O4S. The first kappa shape index (κ1) is 23.0. The summed E-state index contributed by atoms with van der Waals surface area (Å²) in [6.45, 7) is 0.463. The first-order valence-electron chi connectivity index (χ1n) is 9.02. The lowest BCUT2D eigenvalue weighted by atomic mass is 10.1. The Labute approximate surface area is 177 Å². The fourth-order valence-electron chi connectivity index (χ4n) is 2.57. The van der Waals surface area contributed by atoms with Crippen molar-refractivity contribution in [2.45, 2.75) is 24.2 Å². The lowest BCUT2D eigenvalue weighted by molar-refractivity contribution is -0.122. The largest absolute Gasteiger partial charge is 0.354 e. The Balaban J connectivity index is 1.62. The highest BCUT2D eigenvalue weighted by atomic mass is 79.9. The minimum Gasteiger partial charge on any atom is -0.354 e. The Morgan fingerprint density at radius 2 is 1.62 bits per heavy atom. The molecule has 0 saturated carbocycles. The van der Waals surface area contributed by atoms with Gasteiger partial charge in [-0.25, -0.2) is 12.8 Å². The molecule has 6 nitrogen and oxygen atoms in total. The standard InChI is InChI=1S/C20H22BrFN2O4S/c21-16-6-8-18(9-7-16)29(27,28)12-2-5-19(25)23-10-11-24-20(26)14-15-3-1-4-17(22)13-15/h1,3-4,6-9,13H,2,5,10-12,14H2,(H,23,25)(H,24,26). The summed E-state index contributed by atoms with van der Waals surface area (Å²) < 4.78 is 38.3. The van der Waals surface area contributed by atoms with Crippen LogP contribution in [0.5, 0.6) is 0 Å². The first-order chi connectivity index (χ1) is 13.8. The van der Waals surface area contributed by atoms with E-state index in [9.17, 15) is 22.4 Å². The highest BCUT2D eigenvalue weighted by Crippen LogP contribution is 2.16. The van der Waals surface area contributed by atoms with Gasteiger partial charge >= 0.3 is 0 Å². The lowest BCUT2D eigenvalue weighted by Gasteiger charge is -2.08. The quantitative estimate of drug-likeness (QED) is 0.507. The van der Waals surface area contributed by atoms with Crippen LogP contribution in [0, 0.1) is 5.82 Å². The van der Waals surface area contributed by atoms with Crippen molar-refractivity contribution in [3.8, 4) is 0 Å². The van der Waals surface area contributed by atoms with Gasteiger partial charge in [0.1, 0.15) is 5.82 Å². The molecule has 0 fully saturated rings. The van der Waals surface area contributed by atoms with Gasteiger partial charge in [-0.15, -0.1) is 0 Å². The molecule has 0 heterocycles. The number of carbonyl (C=O) groups excluding carboxylic acids is 2. The van der Waals surface area contributed by atoms with Crippen molar-refractivity contribution in [1.29, 1.82) is 0 Å². The summed E-state index contributed by atoms with van der Waals surface area (Å²) in [6, 6.07) is 12.1. The molecule has 9 heteroatoms. The molecule has 2 aromatic carbocycles. The molecule has 0 bridgehead atoms. The Hall–Kier alpha value is -2.26. The summed E-state index contributed by atoms with van der Waals surface area (Å²) in [5, 5.41) is 5.27. The van der Waals surface area contributed by atoms with Crippen LogP contribution in [-0.2, 0) is 25.8 Å². The number of nitrogens with one attached hydrogen (secondary N) is 2. The minimum absolute atomic E-state index is 0.0552. The van der Waals surface area contributed by atoms with Crippen molar-refractivity contribution in [1.82, 2.24) is 10.6 Å². The normalized spacial score (nSPS) is 11.1. The van der Waals surface area contributed by atoms with Gasteiger partial charge in [0.2, 0.25) is 11.8 Å². The molecule has 156 valence electrons. The number of halogens is 2. The zero-order valence-electron chi connectivity index (χ0n) is 15.7. The second-order valence-corrected chi connectivity index (χ2v) is 9.41. The Bertz CT molecular complexity index is 949. The molecule has 0 radical (unpaired) electrons. The summed E-state index contributed by atoms with van der Waals surface area (Å²) in [7, 11) is -3.43. The zero-order valence-corrected chi connectivity index (χ0v) is 18.1. The monoisotopic (exact) mass is 484 g/mol. The molecule has 0 atom stereocenters. The van der Waals surface area contributed by atoms with Crippen LogP contribution in [-0.4, -0.2) is 39.1 Å². The van der Waals surface area contributed by atoms with E-state index >= 15 is 0 Å². The van der Waals surface area contributed by atoms with Crippen molar-refractivity contribution in [2.24, 2.45) is 0 Å². The summed E-state index contributed by atoms with van der Waals surface area (Å²) >= 11 is 3.25. The molecule has 0 aliphatic rings. The fraction of sp³-hybridized carbons (Fsp3) is 0.300. The maximum atomic E-state index is 13.1. The van der Waals surface area contributed by atoms with Gasteiger partial charge in [0.05, 0.1) is 17.1 Å². The molecule has 0 aliphatic heterocycles. The SMILES string of the molecule is O=C(CCCS(=O)(=O)c1ccc(Br)cc1)NCCNC(=O)Cc1cccc(F)c1. The Morgan fingerprint density at radius 3 is 2.28 bits per heavy atom. The summed E-state index contributed by atoms with van der Waals surface area (Å²) in [6.07, 6.45) is 0.336. The topological polar surface area (TPSA) is 92.3 Å². The van der Waals surface area contributed by atoms with Gasteiger partial charge in [-0.05, 0) is 48.4 Å². The second kappa shape index (κ2) is 11.1. The number of hydrogen-bond donors (Lipinski definition) is 2. The van der Waals surface area contributed by atoms with E-state index in [2.05, 4.69) is 26.6 Å². The van der Waals surface area contributed by atoms with E-state index < -0.39 is 15.7 Å². The maximum absolute atomic E-state index is 13.1. The van der Waals surface area contributed by atoms with E-state index in [1.54, 1.807) is 18.2 Å². The van der Waals surface area contributed by atoms with Crippen LogP contribution in [0.1, 0.15) is 18.4 Å². The number of amides is 2. The number of carbonyl (C=O) groups is 2. The van der Waals surface area contributed by atoms with Gasteiger partial charge in [-0.2, -0.15) is 0 Å². The number of benzene rings is 2. The van der Waals surface area contributed by atoms with Crippen molar-refractivity contribution < 1.29 is 22.4 Å². The average molecular weight is 485 g/mol. The molecule has 2 aromatic rings. The molecule has 0 aliphatic carbocycles. The third kappa shape index (κ3) is 8.33. The van der Waals surface area contributed by atoms with Crippen molar-refractivity contribution >= 4 is 37.6 Å². The van der Waals surface area contributed by atoms with E-state index in [1.807, 2.05) is 0 Å². The second-order valence-electron chi connectivity index (χ2n) is 6.38. The highest BCUT2D eigenvalue weighted by molar-refractivity contribution is 9.10. The van der Waals surface area contributed by atoms with E-state index in [1.165, 1.54) is 30.3 Å². The summed E-state index contributed by atoms with van der Waals surface area (Å²) in [5.41, 5.74) is 0.568. The average Bonchev–Trinajstić information content (AvgIpc) is 2.65. The van der Waals surface area contributed by atoms with Crippen LogP contribution >= 0.6 is 15.9 Å². The van der Waals surface area contributed by atoms with Gasteiger partial charge in [0, 0.05) is 24.0 Å². The van der Waals surface area contributed by atoms with E-state index in [-0.39, 0.29) is 54.8 Å². The van der Waals surface area contributed by atoms with Crippen molar-refractivity contribution in [2.75, 3.05) is 18.8 Å². The molecule has 0 spiro atoms. The smallest absolute Gasteiger partial charge is 0.224 e. The Morgan fingerprint density at radius 1 is 0.966 bits per heavy atom. The Kier molecular flexibility index (Phi) is 8.78. The molecule has 2 rings (SSSR count). The van der Waals surface area contributed by atoms with Crippen LogP contribution in [0.4, 0.5) is 4.39 Å². The van der Waals surface area contributed by atoms with Crippen LogP contribution < -0.4 is 10.6 Å². The number of hydrogen-bond acceptors (Lipinski definition) is 4. The molecule has 0 aromatic heterocycles. The zero-order chi connectivity index (χ0) is 21.3. The lowest BCUT2D eigenvalue weighted by Crippen LogP contribution is -2.35. The third-order valence-corrected chi connectivity index (χ3v) is 6.36. The van der Waals surface area contributed by atoms with Crippen LogP contribution in [0.3, 0.4) is 0 Å². The maximum Gasteiger partial charge on any atom is 0.224 e. The van der Waals surface area contributed by atoms with Crippen molar-refractivity contribution in [3.63, 3.8) is 0 Å². The van der Waals surface area contributed by atoms with E-state index in [0.29, 0.717) is 5.56 Å². The molecule has 0 saturated heterocycles. The number of rotatable bonds is 10. The van der Waals surface area contributed by atoms with Crippen LogP contribution in [0.25, 0.3) is 0 Å². The predicted octanol–water partition coefficient (Wildman–Crippen LogP) is 2.62. The van der Waals surface area contributed by atoms with Crippen LogP contribution in [0.15, 0.2) is 57.9 Å². The van der Waals surface area contributed by atoms with Crippen LogP contribution in [0.2, 0.25) is 0 Å². The van der Waals surface area contributed by atoms with E-state index in [4.69, 9.17) is 0 Å². The third-order valence-electron chi connectivity index (χ3n) is 4.01. The minimum atomic E-state index is -3.43. The van der Waals surface area contributed by atoms with Gasteiger partial charge in [0.25, 0.3) is 0 Å². The van der Waals surface area contributed by atoms with Crippen molar-refractivity contribution in [3.05, 3.63) is 64.4 Å². The number of sulfone groups is 1. The van der Waals surface area contributed by atoms with Gasteiger partial charge in [0.15, 0.2) is 9.84 Å². The molecule has 2 amide bonds. The summed E-state index contributed by atoms with van der Waals surface area (Å²) in [5.74, 6) is -1.07. The fourth-order valence-corrected chi connectivity index (χ4v) is 4.14. The molecule has 0 unspecified atom stereocenters. The summed E-state index contributed by atoms with van der Waals surface area (Å²) in [4.78, 5) is 23.8. The highest BCUT2D eigenvalue weighted by Gasteiger charge is 2.14. The van der Waals surface area contributed by atoms with Gasteiger partial charge in [-0.3, -0.25) is 9.59 Å². The van der Waals surface area contributed by atoms with E-state index in [0.717, 1.165) is 4.47 Å².